The smallest absolute Gasteiger partial charge is 0.225 e. The largest absolute Gasteiger partial charge is 0.326 e. The van der Waals surface area contributed by atoms with Crippen molar-refractivity contribution in [2.24, 2.45) is 0 Å². The van der Waals surface area contributed by atoms with E-state index in [0.29, 0.717) is 6.42 Å². The molecule has 0 bridgehead atoms. The van der Waals surface area contributed by atoms with Crippen LogP contribution in [0.3, 0.4) is 0 Å². The summed E-state index contributed by atoms with van der Waals surface area (Å²) in [5, 5.41) is 3.94. The number of hydrogen-bond acceptors (Lipinski definition) is 3. The van der Waals surface area contributed by atoms with Gasteiger partial charge in [0.25, 0.3) is 0 Å². The van der Waals surface area contributed by atoms with Gasteiger partial charge in [-0.2, -0.15) is 0 Å². The summed E-state index contributed by atoms with van der Waals surface area (Å²) >= 11 is 1.60. The molecule has 0 atom stereocenters. The van der Waals surface area contributed by atoms with E-state index < -0.39 is 0 Å². The van der Waals surface area contributed by atoms with Crippen LogP contribution in [0.15, 0.2) is 47.6 Å². The van der Waals surface area contributed by atoms with E-state index >= 15 is 0 Å². The number of hydrogen-bond donors (Lipinski definition) is 1. The second-order valence-corrected chi connectivity index (χ2v) is 5.70. The molecule has 0 radical (unpaired) electrons. The Labute approximate surface area is 123 Å². The second kappa shape index (κ2) is 7.10. The summed E-state index contributed by atoms with van der Waals surface area (Å²) in [6.45, 7) is 4.01. The van der Waals surface area contributed by atoms with Crippen molar-refractivity contribution >= 4 is 23.4 Å². The summed E-state index contributed by atoms with van der Waals surface area (Å²) in [4.78, 5) is 16.2. The lowest BCUT2D eigenvalue weighted by Gasteiger charge is -2.11. The Kier molecular flexibility index (Phi) is 5.18. The number of carbonyl (C=O) groups excluding carboxylic acids is 1. The molecule has 0 aliphatic carbocycles. The van der Waals surface area contributed by atoms with Gasteiger partial charge in [0.05, 0.1) is 5.03 Å². The Morgan fingerprint density at radius 1 is 1.15 bits per heavy atom. The molecule has 0 aliphatic heterocycles. The zero-order valence-corrected chi connectivity index (χ0v) is 12.5. The quantitative estimate of drug-likeness (QED) is 0.850. The summed E-state index contributed by atoms with van der Waals surface area (Å²) in [5.41, 5.74) is 3.12. The van der Waals surface area contributed by atoms with Crippen molar-refractivity contribution in [1.82, 2.24) is 4.98 Å². The van der Waals surface area contributed by atoms with Crippen molar-refractivity contribution in [3.63, 3.8) is 0 Å². The van der Waals surface area contributed by atoms with Gasteiger partial charge in [0, 0.05) is 24.1 Å². The summed E-state index contributed by atoms with van der Waals surface area (Å²) in [6.07, 6.45) is 2.24. The molecule has 4 heteroatoms. The molecular formula is C16H18N2OS. The molecule has 0 spiro atoms. The van der Waals surface area contributed by atoms with Crippen LogP contribution in [-0.2, 0) is 4.79 Å². The Balaban J connectivity index is 1.84. The maximum Gasteiger partial charge on any atom is 0.225 e. The highest BCUT2D eigenvalue weighted by molar-refractivity contribution is 7.99. The van der Waals surface area contributed by atoms with E-state index in [4.69, 9.17) is 0 Å². The molecule has 0 saturated carbocycles. The number of amides is 1. The number of anilines is 1. The van der Waals surface area contributed by atoms with Crippen molar-refractivity contribution in [2.75, 3.05) is 11.1 Å². The number of aromatic nitrogens is 1. The molecule has 1 heterocycles. The second-order valence-electron chi connectivity index (χ2n) is 4.58. The molecule has 0 saturated heterocycles. The van der Waals surface area contributed by atoms with Gasteiger partial charge >= 0.3 is 0 Å². The average Bonchev–Trinajstić information content (AvgIpc) is 2.44. The molecule has 2 rings (SSSR count). The highest BCUT2D eigenvalue weighted by Gasteiger charge is 2.07. The topological polar surface area (TPSA) is 42.0 Å². The Morgan fingerprint density at radius 2 is 1.90 bits per heavy atom. The number of thioether (sulfide) groups is 1. The lowest BCUT2D eigenvalue weighted by atomic mass is 10.1. The summed E-state index contributed by atoms with van der Waals surface area (Å²) in [5.74, 6) is 0.777. The zero-order valence-electron chi connectivity index (χ0n) is 11.7. The van der Waals surface area contributed by atoms with Crippen LogP contribution in [0.25, 0.3) is 0 Å². The predicted molar refractivity (Wildman–Crippen MR) is 84.1 cm³/mol. The van der Waals surface area contributed by atoms with E-state index in [0.717, 1.165) is 27.6 Å². The van der Waals surface area contributed by atoms with E-state index in [-0.39, 0.29) is 5.91 Å². The van der Waals surface area contributed by atoms with Crippen LogP contribution in [0.2, 0.25) is 0 Å². The van der Waals surface area contributed by atoms with Crippen LogP contribution >= 0.6 is 11.8 Å². The third-order valence-electron chi connectivity index (χ3n) is 2.96. The number of para-hydroxylation sites is 1. The zero-order chi connectivity index (χ0) is 14.4. The van der Waals surface area contributed by atoms with Crippen LogP contribution in [0, 0.1) is 13.8 Å². The Morgan fingerprint density at radius 3 is 2.55 bits per heavy atom. The highest BCUT2D eigenvalue weighted by Crippen LogP contribution is 2.20. The molecule has 104 valence electrons. The van der Waals surface area contributed by atoms with Gasteiger partial charge in [-0.1, -0.05) is 24.3 Å². The molecule has 1 N–H and O–H groups in total. The third-order valence-corrected chi connectivity index (χ3v) is 3.91. The first kappa shape index (κ1) is 14.6. The fraction of sp³-hybridized carbons (Fsp3) is 0.250. The molecule has 0 unspecified atom stereocenters. The Bertz CT molecular complexity index is 564. The monoisotopic (exact) mass is 286 g/mol. The fourth-order valence-corrected chi connectivity index (χ4v) is 2.70. The molecule has 1 aromatic heterocycles. The van der Waals surface area contributed by atoms with Gasteiger partial charge in [-0.3, -0.25) is 4.79 Å². The van der Waals surface area contributed by atoms with Crippen molar-refractivity contribution < 1.29 is 4.79 Å². The van der Waals surface area contributed by atoms with E-state index in [9.17, 15) is 4.79 Å². The van der Waals surface area contributed by atoms with Crippen molar-refractivity contribution in [3.05, 3.63) is 53.7 Å². The number of pyridine rings is 1. The maximum atomic E-state index is 12.0. The molecule has 0 aliphatic rings. The number of benzene rings is 1. The number of rotatable bonds is 5. The summed E-state index contributed by atoms with van der Waals surface area (Å²) in [7, 11) is 0. The van der Waals surface area contributed by atoms with Gasteiger partial charge in [-0.05, 0) is 37.1 Å². The van der Waals surface area contributed by atoms with Gasteiger partial charge < -0.3 is 5.32 Å². The minimum absolute atomic E-state index is 0.0471. The van der Waals surface area contributed by atoms with Crippen LogP contribution in [0.4, 0.5) is 5.69 Å². The van der Waals surface area contributed by atoms with Gasteiger partial charge in [0.2, 0.25) is 5.91 Å². The molecule has 2 aromatic rings. The first-order valence-corrected chi connectivity index (χ1v) is 7.55. The minimum Gasteiger partial charge on any atom is -0.326 e. The summed E-state index contributed by atoms with van der Waals surface area (Å²) < 4.78 is 0. The van der Waals surface area contributed by atoms with E-state index in [1.807, 2.05) is 50.2 Å². The van der Waals surface area contributed by atoms with E-state index in [1.54, 1.807) is 18.0 Å². The first-order valence-electron chi connectivity index (χ1n) is 6.56. The minimum atomic E-state index is 0.0471. The highest BCUT2D eigenvalue weighted by atomic mass is 32.2. The van der Waals surface area contributed by atoms with Crippen LogP contribution < -0.4 is 5.32 Å². The molecule has 1 amide bonds. The average molecular weight is 286 g/mol. The molecule has 3 nitrogen and oxygen atoms in total. The number of nitrogens with zero attached hydrogens (tertiary/aromatic N) is 1. The lowest BCUT2D eigenvalue weighted by Crippen LogP contribution is -2.14. The lowest BCUT2D eigenvalue weighted by molar-refractivity contribution is -0.115. The van der Waals surface area contributed by atoms with Crippen molar-refractivity contribution in [3.8, 4) is 0 Å². The van der Waals surface area contributed by atoms with Gasteiger partial charge in [0.15, 0.2) is 0 Å². The van der Waals surface area contributed by atoms with E-state index in [2.05, 4.69) is 10.3 Å². The number of carbonyl (C=O) groups is 1. The molecule has 1 aromatic carbocycles. The molecule has 20 heavy (non-hydrogen) atoms. The maximum absolute atomic E-state index is 12.0. The standard InChI is InChI=1S/C16H18N2OS/c1-12-6-5-7-13(2)16(12)18-14(19)9-11-20-15-8-3-4-10-17-15/h3-8,10H,9,11H2,1-2H3,(H,18,19). The fourth-order valence-electron chi connectivity index (χ4n) is 1.89. The number of aryl methyl sites for hydroxylation is 2. The van der Waals surface area contributed by atoms with Crippen molar-refractivity contribution in [1.29, 1.82) is 0 Å². The first-order chi connectivity index (χ1) is 9.66. The Hall–Kier alpha value is -1.81. The number of nitrogens with one attached hydrogen (secondary N) is 1. The van der Waals surface area contributed by atoms with Crippen LogP contribution in [-0.4, -0.2) is 16.6 Å². The van der Waals surface area contributed by atoms with Crippen molar-refractivity contribution in [2.45, 2.75) is 25.3 Å². The SMILES string of the molecule is Cc1cccc(C)c1NC(=O)CCSc1ccccn1. The van der Waals surface area contributed by atoms with Gasteiger partial charge in [-0.25, -0.2) is 4.98 Å². The van der Waals surface area contributed by atoms with Gasteiger partial charge in [-0.15, -0.1) is 11.8 Å². The van der Waals surface area contributed by atoms with Crippen LogP contribution in [0.1, 0.15) is 17.5 Å². The molecular weight excluding hydrogens is 268 g/mol. The predicted octanol–water partition coefficient (Wildman–Crippen LogP) is 3.82. The third kappa shape index (κ3) is 4.10. The van der Waals surface area contributed by atoms with E-state index in [1.165, 1.54) is 0 Å². The van der Waals surface area contributed by atoms with Gasteiger partial charge in [0.1, 0.15) is 0 Å². The normalized spacial score (nSPS) is 10.3. The molecule has 0 fully saturated rings. The summed E-state index contributed by atoms with van der Waals surface area (Å²) in [6, 6.07) is 11.8. The van der Waals surface area contributed by atoms with Crippen LogP contribution in [0.5, 0.6) is 0 Å².